The summed E-state index contributed by atoms with van der Waals surface area (Å²) in [5.74, 6) is 0.766. The van der Waals surface area contributed by atoms with Gasteiger partial charge in [0, 0.05) is 22.3 Å². The fourth-order valence-electron chi connectivity index (χ4n) is 1.50. The number of amides is 1. The number of rotatable bonds is 3. The van der Waals surface area contributed by atoms with Gasteiger partial charge in [0.1, 0.15) is 0 Å². The number of nitrogens with zero attached hydrogens (tertiary/aromatic N) is 1. The minimum Gasteiger partial charge on any atom is -0.325 e. The van der Waals surface area contributed by atoms with Crippen molar-refractivity contribution in [3.05, 3.63) is 34.3 Å². The molecule has 0 bridgehead atoms. The van der Waals surface area contributed by atoms with E-state index in [1.54, 1.807) is 17.0 Å². The van der Waals surface area contributed by atoms with Crippen molar-refractivity contribution in [1.82, 2.24) is 4.90 Å². The van der Waals surface area contributed by atoms with E-state index in [1.807, 2.05) is 12.1 Å². The number of carbonyl (C=O) groups is 2. The molecule has 1 amide bonds. The van der Waals surface area contributed by atoms with Crippen LogP contribution in [0, 0.1) is 0 Å². The maximum absolute atomic E-state index is 11.9. The first kappa shape index (κ1) is 11.7. The van der Waals surface area contributed by atoms with Crippen LogP contribution in [0.1, 0.15) is 10.4 Å². The monoisotopic (exact) mass is 299 g/mol. The first-order valence-corrected chi connectivity index (χ1v) is 6.65. The maximum Gasteiger partial charge on any atom is 0.282 e. The van der Waals surface area contributed by atoms with Crippen LogP contribution in [0.3, 0.4) is 0 Å². The van der Waals surface area contributed by atoms with Gasteiger partial charge in [0.25, 0.3) is 5.24 Å². The van der Waals surface area contributed by atoms with E-state index >= 15 is 0 Å². The van der Waals surface area contributed by atoms with Gasteiger partial charge in [-0.05, 0) is 12.1 Å². The SMILES string of the molecule is O=C(CN1CCSC1=O)c1cccc(Br)c1. The molecule has 1 aromatic carbocycles. The highest BCUT2D eigenvalue weighted by Gasteiger charge is 2.23. The Kier molecular flexibility index (Phi) is 3.66. The average molecular weight is 300 g/mol. The number of hydrogen-bond donors (Lipinski definition) is 0. The summed E-state index contributed by atoms with van der Waals surface area (Å²) in [4.78, 5) is 24.8. The zero-order chi connectivity index (χ0) is 11.5. The smallest absolute Gasteiger partial charge is 0.282 e. The van der Waals surface area contributed by atoms with E-state index in [1.165, 1.54) is 11.8 Å². The first-order valence-electron chi connectivity index (χ1n) is 4.87. The number of ketones is 1. The van der Waals surface area contributed by atoms with Crippen LogP contribution < -0.4 is 0 Å². The van der Waals surface area contributed by atoms with Crippen LogP contribution >= 0.6 is 27.7 Å². The number of benzene rings is 1. The molecule has 0 radical (unpaired) electrons. The number of hydrogen-bond acceptors (Lipinski definition) is 3. The van der Waals surface area contributed by atoms with Gasteiger partial charge in [-0.25, -0.2) is 0 Å². The van der Waals surface area contributed by atoms with Crippen LogP contribution in [-0.4, -0.2) is 34.8 Å². The van der Waals surface area contributed by atoms with Crippen molar-refractivity contribution >= 4 is 38.7 Å². The number of carbonyl (C=O) groups excluding carboxylic acids is 2. The molecule has 5 heteroatoms. The zero-order valence-electron chi connectivity index (χ0n) is 8.48. The Labute approximate surface area is 106 Å². The van der Waals surface area contributed by atoms with Crippen molar-refractivity contribution in [1.29, 1.82) is 0 Å². The summed E-state index contributed by atoms with van der Waals surface area (Å²) in [6.45, 7) is 0.853. The molecule has 1 saturated heterocycles. The molecule has 2 rings (SSSR count). The Morgan fingerprint density at radius 1 is 1.50 bits per heavy atom. The van der Waals surface area contributed by atoms with Gasteiger partial charge in [-0.15, -0.1) is 0 Å². The summed E-state index contributed by atoms with van der Waals surface area (Å²) >= 11 is 4.59. The summed E-state index contributed by atoms with van der Waals surface area (Å²) < 4.78 is 0.875. The molecule has 1 fully saturated rings. The second-order valence-corrected chi connectivity index (χ2v) is 5.43. The molecule has 3 nitrogen and oxygen atoms in total. The standard InChI is InChI=1S/C11H10BrNO2S/c12-9-3-1-2-8(6-9)10(14)7-13-4-5-16-11(13)15/h1-3,6H,4-5,7H2. The second kappa shape index (κ2) is 5.01. The van der Waals surface area contributed by atoms with Crippen molar-refractivity contribution < 1.29 is 9.59 Å². The van der Waals surface area contributed by atoms with Crippen LogP contribution in [0.2, 0.25) is 0 Å². The molecule has 1 aromatic rings. The van der Waals surface area contributed by atoms with Crippen LogP contribution in [-0.2, 0) is 0 Å². The first-order chi connectivity index (χ1) is 7.66. The van der Waals surface area contributed by atoms with Crippen molar-refractivity contribution in [2.24, 2.45) is 0 Å². The molecule has 1 heterocycles. The van der Waals surface area contributed by atoms with Gasteiger partial charge in [-0.3, -0.25) is 9.59 Å². The van der Waals surface area contributed by atoms with Crippen molar-refractivity contribution in [3.8, 4) is 0 Å². The molecule has 0 unspecified atom stereocenters. The van der Waals surface area contributed by atoms with Gasteiger partial charge in [0.15, 0.2) is 5.78 Å². The zero-order valence-corrected chi connectivity index (χ0v) is 10.9. The molecular formula is C11H10BrNO2S. The normalized spacial score (nSPS) is 15.6. The Hall–Kier alpha value is -0.810. The molecule has 0 saturated carbocycles. The van der Waals surface area contributed by atoms with Crippen molar-refractivity contribution in [2.75, 3.05) is 18.8 Å². The van der Waals surface area contributed by atoms with E-state index in [4.69, 9.17) is 0 Å². The molecule has 0 aliphatic carbocycles. The van der Waals surface area contributed by atoms with E-state index in [0.717, 1.165) is 10.2 Å². The highest BCUT2D eigenvalue weighted by molar-refractivity contribution is 9.10. The van der Waals surface area contributed by atoms with Gasteiger partial charge in [-0.2, -0.15) is 0 Å². The molecule has 16 heavy (non-hydrogen) atoms. The Balaban J connectivity index is 2.05. The van der Waals surface area contributed by atoms with E-state index in [0.29, 0.717) is 12.1 Å². The lowest BCUT2D eigenvalue weighted by atomic mass is 10.1. The van der Waals surface area contributed by atoms with Crippen molar-refractivity contribution in [3.63, 3.8) is 0 Å². The third-order valence-corrected chi connectivity index (χ3v) is 3.71. The predicted molar refractivity (Wildman–Crippen MR) is 67.9 cm³/mol. The minimum absolute atomic E-state index is 0.00310. The van der Waals surface area contributed by atoms with E-state index in [2.05, 4.69) is 15.9 Å². The lowest BCUT2D eigenvalue weighted by Gasteiger charge is -2.13. The summed E-state index contributed by atoms with van der Waals surface area (Å²) in [6.07, 6.45) is 0. The van der Waals surface area contributed by atoms with Gasteiger partial charge in [0.05, 0.1) is 6.54 Å². The number of Topliss-reactive ketones (excluding diaryl/α,β-unsaturated/α-hetero) is 1. The number of thioether (sulfide) groups is 1. The molecule has 0 N–H and O–H groups in total. The molecule has 0 spiro atoms. The fraction of sp³-hybridized carbons (Fsp3) is 0.273. The molecule has 84 valence electrons. The fourth-order valence-corrected chi connectivity index (χ4v) is 2.72. The minimum atomic E-state index is -0.0165. The summed E-state index contributed by atoms with van der Waals surface area (Å²) in [5, 5.41) is 0.00310. The maximum atomic E-state index is 11.9. The van der Waals surface area contributed by atoms with E-state index in [9.17, 15) is 9.59 Å². The topological polar surface area (TPSA) is 37.4 Å². The highest BCUT2D eigenvalue weighted by atomic mass is 79.9. The van der Waals surface area contributed by atoms with Gasteiger partial charge in [-0.1, -0.05) is 39.8 Å². The third-order valence-electron chi connectivity index (χ3n) is 2.33. The lowest BCUT2D eigenvalue weighted by Crippen LogP contribution is -2.29. The lowest BCUT2D eigenvalue weighted by molar-refractivity contribution is 0.0956. The number of halogens is 1. The van der Waals surface area contributed by atoms with Gasteiger partial charge >= 0.3 is 0 Å². The van der Waals surface area contributed by atoms with Crippen LogP contribution in [0.15, 0.2) is 28.7 Å². The quantitative estimate of drug-likeness (QED) is 0.806. The molecule has 1 aliphatic heterocycles. The third kappa shape index (κ3) is 2.65. The summed E-state index contributed by atoms with van der Waals surface area (Å²) in [6, 6.07) is 7.22. The molecule has 1 aliphatic rings. The van der Waals surface area contributed by atoms with Crippen molar-refractivity contribution in [2.45, 2.75) is 0 Å². The average Bonchev–Trinajstić information content (AvgIpc) is 2.64. The Bertz CT molecular complexity index is 436. The molecule has 0 aromatic heterocycles. The van der Waals surface area contributed by atoms with Crippen LogP contribution in [0.4, 0.5) is 4.79 Å². The molecule has 0 atom stereocenters. The van der Waals surface area contributed by atoms with Gasteiger partial charge < -0.3 is 4.90 Å². The Morgan fingerprint density at radius 3 is 2.94 bits per heavy atom. The highest BCUT2D eigenvalue weighted by Crippen LogP contribution is 2.18. The van der Waals surface area contributed by atoms with E-state index < -0.39 is 0 Å². The van der Waals surface area contributed by atoms with Gasteiger partial charge in [0.2, 0.25) is 0 Å². The molecular weight excluding hydrogens is 290 g/mol. The second-order valence-electron chi connectivity index (χ2n) is 3.47. The summed E-state index contributed by atoms with van der Waals surface area (Å²) in [7, 11) is 0. The summed E-state index contributed by atoms with van der Waals surface area (Å²) in [5.41, 5.74) is 0.638. The largest absolute Gasteiger partial charge is 0.325 e. The van der Waals surface area contributed by atoms with E-state index in [-0.39, 0.29) is 17.6 Å². The van der Waals surface area contributed by atoms with Crippen LogP contribution in [0.25, 0.3) is 0 Å². The predicted octanol–water partition coefficient (Wildman–Crippen LogP) is 2.80. The van der Waals surface area contributed by atoms with Crippen LogP contribution in [0.5, 0.6) is 0 Å². The Morgan fingerprint density at radius 2 is 2.31 bits per heavy atom.